The highest BCUT2D eigenvalue weighted by Crippen LogP contribution is 2.29. The minimum Gasteiger partial charge on any atom is -0.0661 e. The minimum absolute atomic E-state index is 0.938. The lowest BCUT2D eigenvalue weighted by Gasteiger charge is -1.97. The van der Waals surface area contributed by atoms with Gasteiger partial charge in [-0.25, -0.2) is 0 Å². The molecule has 0 spiro atoms. The summed E-state index contributed by atoms with van der Waals surface area (Å²) >= 11 is 7.05. The molecule has 0 heterocycles. The molecule has 22 heavy (non-hydrogen) atoms. The molecular formula is C20H12Br2. The molecule has 0 aliphatic heterocycles. The fraction of sp³-hybridized carbons (Fsp3) is 0.100. The van der Waals surface area contributed by atoms with Gasteiger partial charge < -0.3 is 0 Å². The van der Waals surface area contributed by atoms with Crippen molar-refractivity contribution in [2.45, 2.75) is 12.8 Å². The van der Waals surface area contributed by atoms with Crippen LogP contribution in [-0.4, -0.2) is 0 Å². The summed E-state index contributed by atoms with van der Waals surface area (Å²) in [4.78, 5) is 0. The van der Waals surface area contributed by atoms with Crippen molar-refractivity contribution >= 4 is 44.0 Å². The predicted molar refractivity (Wildman–Crippen MR) is 99.4 cm³/mol. The van der Waals surface area contributed by atoms with Gasteiger partial charge in [0.2, 0.25) is 0 Å². The van der Waals surface area contributed by atoms with Gasteiger partial charge in [-0.2, -0.15) is 0 Å². The zero-order valence-electron chi connectivity index (χ0n) is 11.8. The molecule has 0 amide bonds. The second-order valence-electron chi connectivity index (χ2n) is 5.63. The van der Waals surface area contributed by atoms with E-state index in [9.17, 15) is 0 Å². The molecule has 0 N–H and O–H groups in total. The Balaban J connectivity index is 1.56. The van der Waals surface area contributed by atoms with Gasteiger partial charge >= 0.3 is 0 Å². The molecule has 2 aromatic carbocycles. The third kappa shape index (κ3) is 2.72. The van der Waals surface area contributed by atoms with Gasteiger partial charge in [-0.1, -0.05) is 55.8 Å². The van der Waals surface area contributed by atoms with Crippen LogP contribution in [0.5, 0.6) is 0 Å². The molecule has 0 saturated carbocycles. The van der Waals surface area contributed by atoms with Crippen LogP contribution in [0.15, 0.2) is 56.5 Å². The van der Waals surface area contributed by atoms with Crippen LogP contribution in [0.2, 0.25) is 0 Å². The molecule has 2 heteroatoms. The normalized spacial score (nSPS) is 14.6. The number of halogens is 2. The number of benzene rings is 2. The molecule has 2 aromatic rings. The van der Waals surface area contributed by atoms with Crippen molar-refractivity contribution in [1.29, 1.82) is 0 Å². The molecule has 2 aliphatic carbocycles. The summed E-state index contributed by atoms with van der Waals surface area (Å²) in [6.07, 6.45) is 6.29. The monoisotopic (exact) mass is 410 g/mol. The van der Waals surface area contributed by atoms with Crippen molar-refractivity contribution in [2.24, 2.45) is 0 Å². The second-order valence-corrected chi connectivity index (χ2v) is 7.46. The maximum atomic E-state index is 3.53. The maximum Gasteiger partial charge on any atom is 0.0181 e. The van der Waals surface area contributed by atoms with Gasteiger partial charge in [-0.3, -0.25) is 0 Å². The zero-order chi connectivity index (χ0) is 15.1. The number of allylic oxidation sites excluding steroid dienone is 2. The molecule has 0 atom stereocenters. The smallest absolute Gasteiger partial charge is 0.0181 e. The van der Waals surface area contributed by atoms with Gasteiger partial charge in [-0.15, -0.1) is 0 Å². The third-order valence-corrected chi connectivity index (χ3v) is 5.00. The van der Waals surface area contributed by atoms with Crippen molar-refractivity contribution in [3.63, 3.8) is 0 Å². The SMILES string of the molecule is Brc1ccc2c(c1)C=C(C#CC1=Cc3ccc(Br)cc3C1)C2. The van der Waals surface area contributed by atoms with E-state index in [0.29, 0.717) is 0 Å². The van der Waals surface area contributed by atoms with Gasteiger partial charge in [0.25, 0.3) is 0 Å². The molecule has 106 valence electrons. The summed E-state index contributed by atoms with van der Waals surface area (Å²) in [5, 5.41) is 0. The molecule has 0 fully saturated rings. The summed E-state index contributed by atoms with van der Waals surface area (Å²) in [5.74, 6) is 6.71. The Labute approximate surface area is 147 Å². The molecule has 0 bridgehead atoms. The Morgan fingerprint density at radius 3 is 2.14 bits per heavy atom. The van der Waals surface area contributed by atoms with E-state index in [1.807, 2.05) is 0 Å². The third-order valence-electron chi connectivity index (χ3n) is 4.02. The maximum absolute atomic E-state index is 3.53. The first kappa shape index (κ1) is 14.1. The van der Waals surface area contributed by atoms with Crippen molar-refractivity contribution in [2.75, 3.05) is 0 Å². The van der Waals surface area contributed by atoms with Crippen LogP contribution >= 0.6 is 31.9 Å². The minimum atomic E-state index is 0.938. The Bertz CT molecular complexity index is 905. The largest absolute Gasteiger partial charge is 0.0661 e. The molecule has 4 rings (SSSR count). The molecule has 2 aliphatic rings. The highest BCUT2D eigenvalue weighted by Gasteiger charge is 2.13. The average molecular weight is 412 g/mol. The van der Waals surface area contributed by atoms with Gasteiger partial charge in [0, 0.05) is 32.9 Å². The first-order valence-corrected chi connectivity index (χ1v) is 8.76. The quantitative estimate of drug-likeness (QED) is 0.481. The zero-order valence-corrected chi connectivity index (χ0v) is 15.0. The highest BCUT2D eigenvalue weighted by atomic mass is 79.9. The van der Waals surface area contributed by atoms with Gasteiger partial charge in [0.05, 0.1) is 0 Å². The van der Waals surface area contributed by atoms with E-state index in [4.69, 9.17) is 0 Å². The number of hydrogen-bond acceptors (Lipinski definition) is 0. The summed E-state index contributed by atoms with van der Waals surface area (Å²) in [6, 6.07) is 12.8. The summed E-state index contributed by atoms with van der Waals surface area (Å²) < 4.78 is 2.25. The van der Waals surface area contributed by atoms with Gasteiger partial charge in [-0.05, 0) is 58.7 Å². The summed E-state index contributed by atoms with van der Waals surface area (Å²) in [6.45, 7) is 0. The van der Waals surface area contributed by atoms with E-state index >= 15 is 0 Å². The fourth-order valence-electron chi connectivity index (χ4n) is 2.94. The first-order chi connectivity index (χ1) is 10.7. The van der Waals surface area contributed by atoms with E-state index in [0.717, 1.165) is 21.8 Å². The van der Waals surface area contributed by atoms with Crippen LogP contribution in [0.25, 0.3) is 12.2 Å². The van der Waals surface area contributed by atoms with Crippen molar-refractivity contribution < 1.29 is 0 Å². The fourth-order valence-corrected chi connectivity index (χ4v) is 3.73. The van der Waals surface area contributed by atoms with Crippen molar-refractivity contribution in [3.05, 3.63) is 78.7 Å². The molecule has 0 nitrogen and oxygen atoms in total. The molecule has 0 radical (unpaired) electrons. The lowest BCUT2D eigenvalue weighted by atomic mass is 10.1. The van der Waals surface area contributed by atoms with Crippen LogP contribution in [-0.2, 0) is 12.8 Å². The molecule has 0 saturated heterocycles. The Morgan fingerprint density at radius 2 is 1.32 bits per heavy atom. The summed E-state index contributed by atoms with van der Waals surface area (Å²) in [7, 11) is 0. The van der Waals surface area contributed by atoms with E-state index in [1.54, 1.807) is 0 Å². The van der Waals surface area contributed by atoms with Crippen LogP contribution in [0.1, 0.15) is 22.3 Å². The van der Waals surface area contributed by atoms with E-state index < -0.39 is 0 Å². The molecular weight excluding hydrogens is 400 g/mol. The van der Waals surface area contributed by atoms with Crippen LogP contribution in [0.4, 0.5) is 0 Å². The van der Waals surface area contributed by atoms with E-state index in [1.165, 1.54) is 33.4 Å². The second kappa shape index (κ2) is 5.57. The standard InChI is InChI=1S/C20H12Br2/c21-19-5-3-15-7-13(9-17(15)11-19)1-2-14-8-16-4-6-20(22)12-18(16)10-14/h3-7,10-12H,8-9H2. The average Bonchev–Trinajstić information content (AvgIpc) is 3.07. The Kier molecular flexibility index (Phi) is 3.56. The van der Waals surface area contributed by atoms with Gasteiger partial charge in [0.1, 0.15) is 0 Å². The number of rotatable bonds is 0. The lowest BCUT2D eigenvalue weighted by molar-refractivity contribution is 1.25. The van der Waals surface area contributed by atoms with E-state index in [2.05, 4.69) is 92.3 Å². The molecule has 0 aromatic heterocycles. The van der Waals surface area contributed by atoms with Crippen LogP contribution < -0.4 is 0 Å². The Hall–Kier alpha value is -1.56. The van der Waals surface area contributed by atoms with Crippen molar-refractivity contribution in [3.8, 4) is 11.8 Å². The first-order valence-electron chi connectivity index (χ1n) is 7.17. The Morgan fingerprint density at radius 1 is 0.682 bits per heavy atom. The van der Waals surface area contributed by atoms with Crippen LogP contribution in [0, 0.1) is 11.8 Å². The van der Waals surface area contributed by atoms with E-state index in [-0.39, 0.29) is 0 Å². The van der Waals surface area contributed by atoms with Crippen molar-refractivity contribution in [1.82, 2.24) is 0 Å². The number of hydrogen-bond donors (Lipinski definition) is 0. The predicted octanol–water partition coefficient (Wildman–Crippen LogP) is 5.79. The number of fused-ring (bicyclic) bond motifs is 2. The van der Waals surface area contributed by atoms with Gasteiger partial charge in [0.15, 0.2) is 0 Å². The topological polar surface area (TPSA) is 0 Å². The summed E-state index contributed by atoms with van der Waals surface area (Å²) in [5.41, 5.74) is 7.69. The molecule has 0 unspecified atom stereocenters. The van der Waals surface area contributed by atoms with Crippen LogP contribution in [0.3, 0.4) is 0 Å². The highest BCUT2D eigenvalue weighted by molar-refractivity contribution is 9.10. The lowest BCUT2D eigenvalue weighted by Crippen LogP contribution is -1.84.